The monoisotopic (exact) mass is 181 g/mol. The Hall–Kier alpha value is -1.12. The van der Waals surface area contributed by atoms with Gasteiger partial charge in [0, 0.05) is 6.42 Å². The van der Waals surface area contributed by atoms with Crippen molar-refractivity contribution in [3.8, 4) is 0 Å². The van der Waals surface area contributed by atoms with Crippen molar-refractivity contribution in [2.24, 2.45) is 4.99 Å². The lowest BCUT2D eigenvalue weighted by Crippen LogP contribution is -2.29. The SMILES string of the molecule is CC(C)(C)OC(=O)C1=NCC=CC1. The quantitative estimate of drug-likeness (QED) is 0.456. The largest absolute Gasteiger partial charge is 0.455 e. The summed E-state index contributed by atoms with van der Waals surface area (Å²) in [4.78, 5) is 15.5. The second-order valence-corrected chi connectivity index (χ2v) is 3.96. The first kappa shape index (κ1) is 9.96. The third-order valence-corrected chi connectivity index (χ3v) is 1.50. The van der Waals surface area contributed by atoms with Crippen LogP contribution >= 0.6 is 0 Å². The molecule has 1 aliphatic rings. The van der Waals surface area contributed by atoms with Crippen LogP contribution in [0.25, 0.3) is 0 Å². The zero-order valence-electron chi connectivity index (χ0n) is 8.33. The van der Waals surface area contributed by atoms with Crippen LogP contribution in [0.3, 0.4) is 0 Å². The van der Waals surface area contributed by atoms with Crippen LogP contribution in [-0.4, -0.2) is 23.8 Å². The van der Waals surface area contributed by atoms with Crippen LogP contribution in [0.2, 0.25) is 0 Å². The number of hydrogen-bond donors (Lipinski definition) is 0. The summed E-state index contributed by atoms with van der Waals surface area (Å²) in [5.74, 6) is -0.295. The first-order valence-corrected chi connectivity index (χ1v) is 4.41. The Bertz CT molecular complexity index is 259. The highest BCUT2D eigenvalue weighted by Gasteiger charge is 2.20. The molecule has 0 radical (unpaired) electrons. The molecule has 0 aromatic heterocycles. The minimum atomic E-state index is -0.430. The van der Waals surface area contributed by atoms with E-state index in [2.05, 4.69) is 4.99 Å². The maximum atomic E-state index is 11.4. The van der Waals surface area contributed by atoms with Gasteiger partial charge in [-0.3, -0.25) is 4.99 Å². The van der Waals surface area contributed by atoms with Gasteiger partial charge >= 0.3 is 5.97 Å². The van der Waals surface area contributed by atoms with E-state index in [1.54, 1.807) is 0 Å². The van der Waals surface area contributed by atoms with Crippen molar-refractivity contribution in [2.45, 2.75) is 32.8 Å². The molecule has 1 aliphatic heterocycles. The van der Waals surface area contributed by atoms with Gasteiger partial charge in [0.2, 0.25) is 0 Å². The molecule has 0 unspecified atom stereocenters. The fourth-order valence-electron chi connectivity index (χ4n) is 0.982. The molecule has 3 nitrogen and oxygen atoms in total. The summed E-state index contributed by atoms with van der Waals surface area (Å²) in [5, 5.41) is 0. The van der Waals surface area contributed by atoms with Crippen molar-refractivity contribution >= 4 is 11.7 Å². The molecule has 13 heavy (non-hydrogen) atoms. The van der Waals surface area contributed by atoms with E-state index >= 15 is 0 Å². The first-order chi connectivity index (χ1) is 5.99. The molecule has 0 aliphatic carbocycles. The number of hydrogen-bond acceptors (Lipinski definition) is 3. The Labute approximate surface area is 78.5 Å². The van der Waals surface area contributed by atoms with Gasteiger partial charge in [0.15, 0.2) is 0 Å². The number of allylic oxidation sites excluding steroid dienone is 1. The summed E-state index contributed by atoms with van der Waals surface area (Å²) in [7, 11) is 0. The van der Waals surface area contributed by atoms with E-state index in [-0.39, 0.29) is 5.97 Å². The van der Waals surface area contributed by atoms with Crippen molar-refractivity contribution in [1.82, 2.24) is 0 Å². The van der Waals surface area contributed by atoms with Crippen molar-refractivity contribution in [2.75, 3.05) is 6.54 Å². The fourth-order valence-corrected chi connectivity index (χ4v) is 0.982. The van der Waals surface area contributed by atoms with Gasteiger partial charge in [-0.05, 0) is 20.8 Å². The molecule has 0 saturated carbocycles. The Morgan fingerprint density at radius 2 is 2.15 bits per heavy atom. The van der Waals surface area contributed by atoms with Gasteiger partial charge in [-0.25, -0.2) is 4.79 Å². The molecule has 0 N–H and O–H groups in total. The molecule has 3 heteroatoms. The second kappa shape index (κ2) is 3.73. The van der Waals surface area contributed by atoms with Crippen LogP contribution in [0.15, 0.2) is 17.1 Å². The standard InChI is InChI=1S/C10H15NO2/c1-10(2,3)13-9(12)8-6-4-5-7-11-8/h4-5H,6-7H2,1-3H3. The zero-order chi connectivity index (χ0) is 9.90. The Morgan fingerprint density at radius 3 is 2.62 bits per heavy atom. The molecule has 0 aromatic rings. The summed E-state index contributed by atoms with van der Waals surface area (Å²) in [6.07, 6.45) is 4.47. The van der Waals surface area contributed by atoms with Crippen LogP contribution in [0, 0.1) is 0 Å². The van der Waals surface area contributed by atoms with E-state index in [1.807, 2.05) is 32.9 Å². The smallest absolute Gasteiger partial charge is 0.353 e. The van der Waals surface area contributed by atoms with Crippen LogP contribution in [0.1, 0.15) is 27.2 Å². The number of nitrogens with zero attached hydrogens (tertiary/aromatic N) is 1. The lowest BCUT2D eigenvalue weighted by atomic mass is 10.1. The van der Waals surface area contributed by atoms with Gasteiger partial charge in [0.1, 0.15) is 11.3 Å². The van der Waals surface area contributed by atoms with Gasteiger partial charge in [0.05, 0.1) is 6.54 Å². The van der Waals surface area contributed by atoms with E-state index < -0.39 is 5.60 Å². The predicted molar refractivity (Wildman–Crippen MR) is 51.9 cm³/mol. The van der Waals surface area contributed by atoms with Crippen molar-refractivity contribution in [3.63, 3.8) is 0 Å². The Morgan fingerprint density at radius 1 is 1.46 bits per heavy atom. The van der Waals surface area contributed by atoms with E-state index in [1.165, 1.54) is 0 Å². The van der Waals surface area contributed by atoms with Gasteiger partial charge in [0.25, 0.3) is 0 Å². The van der Waals surface area contributed by atoms with Crippen LogP contribution < -0.4 is 0 Å². The van der Waals surface area contributed by atoms with Gasteiger partial charge in [-0.1, -0.05) is 12.2 Å². The zero-order valence-corrected chi connectivity index (χ0v) is 8.33. The molecule has 0 spiro atoms. The highest BCUT2D eigenvalue weighted by atomic mass is 16.6. The van der Waals surface area contributed by atoms with E-state index in [9.17, 15) is 4.79 Å². The van der Waals surface area contributed by atoms with E-state index in [0.29, 0.717) is 18.7 Å². The maximum Gasteiger partial charge on any atom is 0.353 e. The average molecular weight is 181 g/mol. The molecule has 1 rings (SSSR count). The minimum Gasteiger partial charge on any atom is -0.455 e. The third-order valence-electron chi connectivity index (χ3n) is 1.50. The number of rotatable bonds is 1. The highest BCUT2D eigenvalue weighted by Crippen LogP contribution is 2.09. The van der Waals surface area contributed by atoms with Crippen molar-refractivity contribution in [1.29, 1.82) is 0 Å². The number of carbonyl (C=O) groups excluding carboxylic acids is 1. The molecule has 0 saturated heterocycles. The van der Waals surface area contributed by atoms with Crippen molar-refractivity contribution < 1.29 is 9.53 Å². The number of carbonyl (C=O) groups is 1. The van der Waals surface area contributed by atoms with Crippen LogP contribution in [-0.2, 0) is 9.53 Å². The third kappa shape index (κ3) is 3.40. The van der Waals surface area contributed by atoms with Gasteiger partial charge < -0.3 is 4.74 Å². The highest BCUT2D eigenvalue weighted by molar-refractivity contribution is 6.37. The summed E-state index contributed by atoms with van der Waals surface area (Å²) in [6.45, 7) is 6.15. The van der Waals surface area contributed by atoms with E-state index in [4.69, 9.17) is 4.74 Å². The number of dihydropyridines is 1. The lowest BCUT2D eigenvalue weighted by molar-refractivity contribution is -0.146. The summed E-state index contributed by atoms with van der Waals surface area (Å²) in [5.41, 5.74) is 0.0956. The summed E-state index contributed by atoms with van der Waals surface area (Å²) >= 11 is 0. The molecule has 0 atom stereocenters. The summed E-state index contributed by atoms with van der Waals surface area (Å²) in [6, 6.07) is 0. The Kier molecular flexibility index (Phi) is 2.86. The van der Waals surface area contributed by atoms with Crippen LogP contribution in [0.5, 0.6) is 0 Å². The topological polar surface area (TPSA) is 38.7 Å². The molecule has 1 heterocycles. The van der Waals surface area contributed by atoms with Gasteiger partial charge in [-0.15, -0.1) is 0 Å². The molecule has 0 amide bonds. The second-order valence-electron chi connectivity index (χ2n) is 3.96. The first-order valence-electron chi connectivity index (χ1n) is 4.41. The molecule has 0 aromatic carbocycles. The molecule has 0 bridgehead atoms. The van der Waals surface area contributed by atoms with E-state index in [0.717, 1.165) is 0 Å². The minimum absolute atomic E-state index is 0.295. The fraction of sp³-hybridized carbons (Fsp3) is 0.600. The number of esters is 1. The van der Waals surface area contributed by atoms with Crippen molar-refractivity contribution in [3.05, 3.63) is 12.2 Å². The summed E-state index contributed by atoms with van der Waals surface area (Å²) < 4.78 is 5.17. The predicted octanol–water partition coefficient (Wildman–Crippen LogP) is 1.73. The molecule has 72 valence electrons. The molecular formula is C10H15NO2. The maximum absolute atomic E-state index is 11.4. The normalized spacial score (nSPS) is 16.7. The Balaban J connectivity index is 2.53. The average Bonchev–Trinajstić information content (AvgIpc) is 2.03. The molecular weight excluding hydrogens is 166 g/mol. The lowest BCUT2D eigenvalue weighted by Gasteiger charge is -2.20. The number of aliphatic imine (C=N–C) groups is 1. The van der Waals surface area contributed by atoms with Crippen LogP contribution in [0.4, 0.5) is 0 Å². The molecule has 0 fully saturated rings. The number of ether oxygens (including phenoxy) is 1. The van der Waals surface area contributed by atoms with Gasteiger partial charge in [-0.2, -0.15) is 0 Å².